The molecule has 2 aromatic carbocycles. The lowest BCUT2D eigenvalue weighted by Crippen LogP contribution is -2.25. The van der Waals surface area contributed by atoms with Crippen LogP contribution >= 0.6 is 0 Å². The van der Waals surface area contributed by atoms with Crippen LogP contribution in [0.5, 0.6) is 0 Å². The molecule has 0 aliphatic carbocycles. The van der Waals surface area contributed by atoms with E-state index in [-0.39, 0.29) is 18.1 Å². The van der Waals surface area contributed by atoms with Crippen LogP contribution in [0.2, 0.25) is 0 Å². The molecule has 7 nitrogen and oxygen atoms in total. The van der Waals surface area contributed by atoms with Gasteiger partial charge in [0, 0.05) is 30.6 Å². The van der Waals surface area contributed by atoms with Gasteiger partial charge in [0.15, 0.2) is 11.7 Å². The summed E-state index contributed by atoms with van der Waals surface area (Å²) in [6.07, 6.45) is 2.92. The Bertz CT molecular complexity index is 1090. The first-order chi connectivity index (χ1) is 14.0. The maximum Gasteiger partial charge on any atom is 0.235 e. The quantitative estimate of drug-likeness (QED) is 0.671. The Hall–Kier alpha value is -3.13. The van der Waals surface area contributed by atoms with Crippen molar-refractivity contribution in [2.75, 3.05) is 21.9 Å². The fourth-order valence-corrected chi connectivity index (χ4v) is 4.81. The Balaban J connectivity index is 1.32. The Morgan fingerprint density at radius 3 is 2.55 bits per heavy atom. The lowest BCUT2D eigenvalue weighted by atomic mass is 10.2. The van der Waals surface area contributed by atoms with Gasteiger partial charge in [-0.3, -0.25) is 9.10 Å². The zero-order valence-corrected chi connectivity index (χ0v) is 16.6. The molecule has 29 heavy (non-hydrogen) atoms. The summed E-state index contributed by atoms with van der Waals surface area (Å²) in [5.41, 5.74) is 2.18. The highest BCUT2D eigenvalue weighted by Crippen LogP contribution is 2.25. The van der Waals surface area contributed by atoms with Crippen molar-refractivity contribution in [1.82, 2.24) is 4.98 Å². The number of oxazole rings is 1. The molecule has 150 valence electrons. The molecule has 1 N–H and O–H groups in total. The second-order valence-corrected chi connectivity index (χ2v) is 8.83. The van der Waals surface area contributed by atoms with Gasteiger partial charge < -0.3 is 9.73 Å². The van der Waals surface area contributed by atoms with E-state index in [0.29, 0.717) is 42.4 Å². The highest BCUT2D eigenvalue weighted by atomic mass is 32.2. The molecule has 0 spiro atoms. The molecule has 0 atom stereocenters. The van der Waals surface area contributed by atoms with Crippen molar-refractivity contribution in [2.45, 2.75) is 19.3 Å². The topological polar surface area (TPSA) is 92.5 Å². The van der Waals surface area contributed by atoms with Crippen LogP contribution in [0.15, 0.2) is 65.2 Å². The van der Waals surface area contributed by atoms with Gasteiger partial charge in [0.1, 0.15) is 0 Å². The van der Waals surface area contributed by atoms with E-state index < -0.39 is 10.0 Å². The molecular weight excluding hydrogens is 390 g/mol. The van der Waals surface area contributed by atoms with Crippen LogP contribution in [-0.2, 0) is 21.2 Å². The average molecular weight is 411 g/mol. The molecular formula is C21H21N3O4S. The van der Waals surface area contributed by atoms with E-state index in [4.69, 9.17) is 4.42 Å². The van der Waals surface area contributed by atoms with Gasteiger partial charge in [-0.05, 0) is 30.7 Å². The van der Waals surface area contributed by atoms with Gasteiger partial charge in [0.2, 0.25) is 15.9 Å². The minimum atomic E-state index is -3.20. The number of hydrogen-bond acceptors (Lipinski definition) is 5. The monoisotopic (exact) mass is 411 g/mol. The van der Waals surface area contributed by atoms with Crippen molar-refractivity contribution in [3.8, 4) is 11.3 Å². The van der Waals surface area contributed by atoms with Crippen molar-refractivity contribution in [3.05, 3.63) is 66.7 Å². The second-order valence-electron chi connectivity index (χ2n) is 6.82. The number of nitrogens with zero attached hydrogens (tertiary/aromatic N) is 2. The number of benzene rings is 2. The number of aryl methyl sites for hydroxylation is 1. The first-order valence-corrected chi connectivity index (χ1v) is 11.0. The Morgan fingerprint density at radius 1 is 1.10 bits per heavy atom. The third-order valence-electron chi connectivity index (χ3n) is 4.72. The summed E-state index contributed by atoms with van der Waals surface area (Å²) in [5.74, 6) is 1.20. The lowest BCUT2D eigenvalue weighted by molar-refractivity contribution is -0.116. The molecule has 1 saturated heterocycles. The molecule has 0 radical (unpaired) electrons. The van der Waals surface area contributed by atoms with Gasteiger partial charge in [-0.1, -0.05) is 30.3 Å². The molecule has 1 aromatic heterocycles. The second kappa shape index (κ2) is 8.08. The molecule has 1 fully saturated rings. The number of rotatable bonds is 6. The predicted octanol–water partition coefficient (Wildman–Crippen LogP) is 3.45. The molecule has 4 rings (SSSR count). The van der Waals surface area contributed by atoms with E-state index in [0.717, 1.165) is 5.56 Å². The van der Waals surface area contributed by atoms with E-state index in [1.165, 1.54) is 4.31 Å². The Morgan fingerprint density at radius 2 is 1.86 bits per heavy atom. The van der Waals surface area contributed by atoms with E-state index in [1.54, 1.807) is 30.5 Å². The van der Waals surface area contributed by atoms with Gasteiger partial charge in [-0.2, -0.15) is 0 Å². The van der Waals surface area contributed by atoms with Gasteiger partial charge >= 0.3 is 0 Å². The number of nitrogens with one attached hydrogen (secondary N) is 1. The van der Waals surface area contributed by atoms with Crippen molar-refractivity contribution in [2.24, 2.45) is 0 Å². The van der Waals surface area contributed by atoms with Crippen LogP contribution in [0.3, 0.4) is 0 Å². The number of hydrogen-bond donors (Lipinski definition) is 1. The third kappa shape index (κ3) is 4.48. The van der Waals surface area contributed by atoms with Crippen LogP contribution in [0.25, 0.3) is 11.3 Å². The number of carbonyl (C=O) groups is 1. The molecule has 1 aliphatic heterocycles. The standard InChI is InChI=1S/C21H21N3O4S/c25-20(11-12-21-22-15-19(28-21)16-5-2-1-3-6-16)23-17-7-9-18(10-8-17)24-13-4-14-29(24,26)27/h1-3,5-10,15H,4,11-14H2,(H,23,25). The van der Waals surface area contributed by atoms with E-state index in [1.807, 2.05) is 30.3 Å². The smallest absolute Gasteiger partial charge is 0.235 e. The number of anilines is 2. The maximum atomic E-state index is 12.2. The molecule has 0 bridgehead atoms. The number of carbonyl (C=O) groups excluding carboxylic acids is 1. The molecule has 1 aliphatic rings. The van der Waals surface area contributed by atoms with Gasteiger partial charge in [-0.25, -0.2) is 13.4 Å². The van der Waals surface area contributed by atoms with Crippen LogP contribution in [0, 0.1) is 0 Å². The van der Waals surface area contributed by atoms with Crippen LogP contribution < -0.4 is 9.62 Å². The minimum Gasteiger partial charge on any atom is -0.441 e. The normalized spacial score (nSPS) is 15.4. The SMILES string of the molecule is O=C(CCc1ncc(-c2ccccc2)o1)Nc1ccc(N2CCCS2(=O)=O)cc1. The van der Waals surface area contributed by atoms with Crippen molar-refractivity contribution < 1.29 is 17.6 Å². The number of aromatic nitrogens is 1. The Labute approximate surface area is 169 Å². The molecule has 3 aromatic rings. The first kappa shape index (κ1) is 19.2. The summed E-state index contributed by atoms with van der Waals surface area (Å²) in [5, 5.41) is 2.81. The Kier molecular flexibility index (Phi) is 5.35. The highest BCUT2D eigenvalue weighted by Gasteiger charge is 2.28. The predicted molar refractivity (Wildman–Crippen MR) is 111 cm³/mol. The van der Waals surface area contributed by atoms with Crippen LogP contribution in [0.1, 0.15) is 18.7 Å². The third-order valence-corrected chi connectivity index (χ3v) is 6.59. The van der Waals surface area contributed by atoms with Crippen LogP contribution in [-0.4, -0.2) is 31.6 Å². The van der Waals surface area contributed by atoms with Crippen molar-refractivity contribution in [3.63, 3.8) is 0 Å². The fourth-order valence-electron chi connectivity index (χ4n) is 3.25. The summed E-state index contributed by atoms with van der Waals surface area (Å²) < 4.78 is 31.1. The zero-order chi connectivity index (χ0) is 20.3. The van der Waals surface area contributed by atoms with Crippen molar-refractivity contribution >= 4 is 27.3 Å². The summed E-state index contributed by atoms with van der Waals surface area (Å²) >= 11 is 0. The van der Waals surface area contributed by atoms with E-state index in [9.17, 15) is 13.2 Å². The van der Waals surface area contributed by atoms with Crippen LogP contribution in [0.4, 0.5) is 11.4 Å². The first-order valence-electron chi connectivity index (χ1n) is 9.42. The van der Waals surface area contributed by atoms with E-state index >= 15 is 0 Å². The van der Waals surface area contributed by atoms with Crippen molar-refractivity contribution in [1.29, 1.82) is 0 Å². The molecule has 8 heteroatoms. The average Bonchev–Trinajstić information content (AvgIpc) is 3.34. The number of sulfonamides is 1. The summed E-state index contributed by atoms with van der Waals surface area (Å²) in [6, 6.07) is 16.5. The maximum absolute atomic E-state index is 12.2. The molecule has 2 heterocycles. The highest BCUT2D eigenvalue weighted by molar-refractivity contribution is 7.93. The minimum absolute atomic E-state index is 0.161. The summed E-state index contributed by atoms with van der Waals surface area (Å²) in [4.78, 5) is 16.5. The number of amides is 1. The molecule has 1 amide bonds. The molecule has 0 saturated carbocycles. The molecule has 0 unspecified atom stereocenters. The largest absolute Gasteiger partial charge is 0.441 e. The van der Waals surface area contributed by atoms with E-state index in [2.05, 4.69) is 10.3 Å². The van der Waals surface area contributed by atoms with Gasteiger partial charge in [0.05, 0.1) is 17.6 Å². The van der Waals surface area contributed by atoms with Gasteiger partial charge in [0.25, 0.3) is 0 Å². The summed E-state index contributed by atoms with van der Waals surface area (Å²) in [7, 11) is -3.20. The summed E-state index contributed by atoms with van der Waals surface area (Å²) in [6.45, 7) is 0.495. The van der Waals surface area contributed by atoms with Gasteiger partial charge in [-0.15, -0.1) is 0 Å². The fraction of sp³-hybridized carbons (Fsp3) is 0.238. The lowest BCUT2D eigenvalue weighted by Gasteiger charge is -2.17. The zero-order valence-electron chi connectivity index (χ0n) is 15.7.